The monoisotopic (exact) mass is 287 g/mol. The second-order valence-corrected chi connectivity index (χ2v) is 7.10. The lowest BCUT2D eigenvalue weighted by Crippen LogP contribution is -2.29. The molecule has 0 bridgehead atoms. The molecule has 1 aliphatic rings. The molecule has 0 aromatic heterocycles. The molecular weight excluding hydrogens is 269 g/mol. The predicted molar refractivity (Wildman–Crippen MR) is 70.7 cm³/mol. The lowest BCUT2D eigenvalue weighted by atomic mass is 10.1. The van der Waals surface area contributed by atoms with Gasteiger partial charge < -0.3 is 10.5 Å². The van der Waals surface area contributed by atoms with Crippen LogP contribution in [0.5, 0.6) is 0 Å². The number of ether oxygens (including phenoxy) is 1. The molecule has 1 aromatic rings. The Morgan fingerprint density at radius 3 is 2.63 bits per heavy atom. The normalized spacial score (nSPS) is 23.7. The molecular formula is C13H18FNO3S. The fourth-order valence-corrected chi connectivity index (χ4v) is 4.40. The first-order chi connectivity index (χ1) is 8.92. The van der Waals surface area contributed by atoms with Crippen LogP contribution in [0.2, 0.25) is 0 Å². The van der Waals surface area contributed by atoms with Crippen molar-refractivity contribution < 1.29 is 17.5 Å². The summed E-state index contributed by atoms with van der Waals surface area (Å²) in [4.78, 5) is 0. The third-order valence-corrected chi connectivity index (χ3v) is 5.67. The van der Waals surface area contributed by atoms with Gasteiger partial charge in [-0.05, 0) is 36.6 Å². The molecule has 1 heterocycles. The van der Waals surface area contributed by atoms with E-state index in [0.29, 0.717) is 24.2 Å². The molecule has 2 unspecified atom stereocenters. The van der Waals surface area contributed by atoms with Crippen molar-refractivity contribution in [3.63, 3.8) is 0 Å². The van der Waals surface area contributed by atoms with E-state index in [1.807, 2.05) is 0 Å². The first-order valence-corrected chi connectivity index (χ1v) is 7.95. The second-order valence-electron chi connectivity index (χ2n) is 4.88. The molecule has 2 rings (SSSR count). The zero-order chi connectivity index (χ0) is 14.0. The van der Waals surface area contributed by atoms with Crippen molar-refractivity contribution in [1.29, 1.82) is 0 Å². The Labute approximate surface area is 112 Å². The summed E-state index contributed by atoms with van der Waals surface area (Å²) in [7, 11) is -3.34. The van der Waals surface area contributed by atoms with Crippen LogP contribution in [0.4, 0.5) is 4.39 Å². The van der Waals surface area contributed by atoms with Gasteiger partial charge in [-0.15, -0.1) is 0 Å². The number of rotatable bonds is 4. The van der Waals surface area contributed by atoms with Crippen LogP contribution in [0.3, 0.4) is 0 Å². The zero-order valence-electron chi connectivity index (χ0n) is 10.8. The van der Waals surface area contributed by atoms with Gasteiger partial charge in [0.1, 0.15) is 5.82 Å². The first kappa shape index (κ1) is 14.4. The van der Waals surface area contributed by atoms with Crippen LogP contribution in [0.15, 0.2) is 18.2 Å². The van der Waals surface area contributed by atoms with E-state index in [9.17, 15) is 12.8 Å². The standard InChI is InChI=1S/C13H18FNO3S/c1-9-13(2-3-18-9)19(16,17)8-11-4-10(7-15)5-12(14)6-11/h4-6,9,13H,2-3,7-8,15H2,1H3. The average Bonchev–Trinajstić information content (AvgIpc) is 2.74. The summed E-state index contributed by atoms with van der Waals surface area (Å²) in [6.07, 6.45) is 0.204. The van der Waals surface area contributed by atoms with Crippen LogP contribution >= 0.6 is 0 Å². The summed E-state index contributed by atoms with van der Waals surface area (Å²) in [5, 5.41) is -0.503. The van der Waals surface area contributed by atoms with Crippen LogP contribution in [-0.2, 0) is 26.9 Å². The number of hydrogen-bond acceptors (Lipinski definition) is 4. The lowest BCUT2D eigenvalue weighted by molar-refractivity contribution is 0.126. The molecule has 0 amide bonds. The molecule has 1 fully saturated rings. The van der Waals surface area contributed by atoms with E-state index >= 15 is 0 Å². The molecule has 106 valence electrons. The summed E-state index contributed by atoms with van der Waals surface area (Å²) in [5.41, 5.74) is 6.50. The quantitative estimate of drug-likeness (QED) is 0.908. The van der Waals surface area contributed by atoms with Crippen molar-refractivity contribution in [2.45, 2.75) is 37.0 Å². The topological polar surface area (TPSA) is 69.4 Å². The van der Waals surface area contributed by atoms with E-state index in [0.717, 1.165) is 0 Å². The Hall–Kier alpha value is -0.980. The van der Waals surface area contributed by atoms with Gasteiger partial charge in [0.2, 0.25) is 0 Å². The number of hydrogen-bond donors (Lipinski definition) is 1. The van der Waals surface area contributed by atoms with Gasteiger partial charge in [-0.2, -0.15) is 0 Å². The Kier molecular flexibility index (Phi) is 4.23. The van der Waals surface area contributed by atoms with E-state index in [1.54, 1.807) is 13.0 Å². The number of halogens is 1. The van der Waals surface area contributed by atoms with Crippen molar-refractivity contribution in [2.24, 2.45) is 5.73 Å². The largest absolute Gasteiger partial charge is 0.377 e. The summed E-state index contributed by atoms with van der Waals surface area (Å²) in [6, 6.07) is 4.20. The highest BCUT2D eigenvalue weighted by atomic mass is 32.2. The SMILES string of the molecule is CC1OCCC1S(=O)(=O)Cc1cc(F)cc(CN)c1. The van der Waals surface area contributed by atoms with Crippen molar-refractivity contribution >= 4 is 9.84 Å². The third-order valence-electron chi connectivity index (χ3n) is 3.39. The van der Waals surface area contributed by atoms with Gasteiger partial charge in [0, 0.05) is 13.2 Å². The fourth-order valence-electron chi connectivity index (χ4n) is 2.44. The first-order valence-electron chi connectivity index (χ1n) is 6.24. The molecule has 0 saturated carbocycles. The highest BCUT2D eigenvalue weighted by Crippen LogP contribution is 2.24. The molecule has 6 heteroatoms. The second kappa shape index (κ2) is 5.56. The minimum Gasteiger partial charge on any atom is -0.377 e. The van der Waals surface area contributed by atoms with Gasteiger partial charge in [-0.25, -0.2) is 12.8 Å². The van der Waals surface area contributed by atoms with Gasteiger partial charge in [0.15, 0.2) is 9.84 Å². The van der Waals surface area contributed by atoms with Crippen molar-refractivity contribution in [2.75, 3.05) is 6.61 Å². The molecule has 1 aromatic carbocycles. The van der Waals surface area contributed by atoms with Gasteiger partial charge in [-0.1, -0.05) is 6.07 Å². The molecule has 2 atom stereocenters. The molecule has 2 N–H and O–H groups in total. The van der Waals surface area contributed by atoms with Gasteiger partial charge >= 0.3 is 0 Å². The highest BCUT2D eigenvalue weighted by molar-refractivity contribution is 7.91. The predicted octanol–water partition coefficient (Wildman–Crippen LogP) is 1.38. The molecule has 1 saturated heterocycles. The van der Waals surface area contributed by atoms with Gasteiger partial charge in [-0.3, -0.25) is 0 Å². The minimum absolute atomic E-state index is 0.171. The van der Waals surface area contributed by atoms with Crippen LogP contribution in [0.1, 0.15) is 24.5 Å². The molecule has 4 nitrogen and oxygen atoms in total. The fraction of sp³-hybridized carbons (Fsp3) is 0.538. The molecule has 0 aliphatic carbocycles. The van der Waals surface area contributed by atoms with Crippen LogP contribution in [-0.4, -0.2) is 26.4 Å². The van der Waals surface area contributed by atoms with E-state index in [2.05, 4.69) is 0 Å². The average molecular weight is 287 g/mol. The number of sulfone groups is 1. The Bertz CT molecular complexity index is 559. The number of nitrogens with two attached hydrogens (primary N) is 1. The Balaban J connectivity index is 2.22. The zero-order valence-corrected chi connectivity index (χ0v) is 11.6. The Morgan fingerprint density at radius 1 is 1.37 bits per heavy atom. The summed E-state index contributed by atoms with van der Waals surface area (Å²) in [6.45, 7) is 2.40. The third kappa shape index (κ3) is 3.32. The summed E-state index contributed by atoms with van der Waals surface area (Å²) < 4.78 is 43.2. The van der Waals surface area contributed by atoms with E-state index in [-0.39, 0.29) is 18.4 Å². The maximum Gasteiger partial charge on any atom is 0.159 e. The van der Waals surface area contributed by atoms with Crippen LogP contribution < -0.4 is 5.73 Å². The van der Waals surface area contributed by atoms with Gasteiger partial charge in [0.25, 0.3) is 0 Å². The minimum atomic E-state index is -3.34. The van der Waals surface area contributed by atoms with Crippen molar-refractivity contribution in [3.8, 4) is 0 Å². The van der Waals surface area contributed by atoms with Crippen LogP contribution in [0, 0.1) is 5.82 Å². The van der Waals surface area contributed by atoms with E-state index in [4.69, 9.17) is 10.5 Å². The highest BCUT2D eigenvalue weighted by Gasteiger charge is 2.35. The maximum atomic E-state index is 13.4. The van der Waals surface area contributed by atoms with Crippen molar-refractivity contribution in [3.05, 3.63) is 35.1 Å². The molecule has 0 spiro atoms. The molecule has 1 aliphatic heterocycles. The molecule has 19 heavy (non-hydrogen) atoms. The van der Waals surface area contributed by atoms with E-state index < -0.39 is 20.9 Å². The Morgan fingerprint density at radius 2 is 2.05 bits per heavy atom. The smallest absolute Gasteiger partial charge is 0.159 e. The van der Waals surface area contributed by atoms with Crippen LogP contribution in [0.25, 0.3) is 0 Å². The number of benzene rings is 1. The molecule has 0 radical (unpaired) electrons. The van der Waals surface area contributed by atoms with E-state index in [1.165, 1.54) is 12.1 Å². The lowest BCUT2D eigenvalue weighted by Gasteiger charge is -2.15. The summed E-state index contributed by atoms with van der Waals surface area (Å²) in [5.74, 6) is -0.625. The van der Waals surface area contributed by atoms with Crippen molar-refractivity contribution in [1.82, 2.24) is 0 Å². The van der Waals surface area contributed by atoms with Gasteiger partial charge in [0.05, 0.1) is 17.1 Å². The maximum absolute atomic E-state index is 13.4. The summed E-state index contributed by atoms with van der Waals surface area (Å²) >= 11 is 0.